The molecule has 2 aliphatic rings. The van der Waals surface area contributed by atoms with Gasteiger partial charge in [0.05, 0.1) is 46.2 Å². The molecule has 0 amide bonds. The largest absolute Gasteiger partial charge is 0.394 e. The molecule has 2 fully saturated rings. The normalized spacial score (nSPS) is 27.3. The number of rotatable bonds is 20. The predicted octanol–water partition coefficient (Wildman–Crippen LogP) is 5.09. The number of hydrogen-bond acceptors (Lipinski definition) is 12. The molecule has 5 aromatic rings. The summed E-state index contributed by atoms with van der Waals surface area (Å²) in [5.74, 6) is 0. The monoisotopic (exact) mass is 822 g/mol. The molecule has 0 bridgehead atoms. The van der Waals surface area contributed by atoms with Gasteiger partial charge in [-0.1, -0.05) is 152 Å². The van der Waals surface area contributed by atoms with E-state index < -0.39 is 74.1 Å². The van der Waals surface area contributed by atoms with Crippen LogP contribution in [0, 0.1) is 0 Å². The second kappa shape index (κ2) is 22.5. The van der Waals surface area contributed by atoms with Crippen LogP contribution < -0.4 is 0 Å². The van der Waals surface area contributed by atoms with Crippen LogP contribution in [0.1, 0.15) is 27.8 Å². The third-order valence-electron chi connectivity index (χ3n) is 10.6. The van der Waals surface area contributed by atoms with Gasteiger partial charge in [0, 0.05) is 0 Å². The van der Waals surface area contributed by atoms with Crippen molar-refractivity contribution in [1.82, 2.24) is 0 Å². The van der Waals surface area contributed by atoms with Crippen LogP contribution in [0.15, 0.2) is 152 Å². The van der Waals surface area contributed by atoms with E-state index >= 15 is 0 Å². The number of aliphatic hydroxyl groups excluding tert-OH is 4. The Morgan fingerprint density at radius 3 is 1.32 bits per heavy atom. The minimum Gasteiger partial charge on any atom is -0.394 e. The lowest BCUT2D eigenvalue weighted by Crippen LogP contribution is -2.67. The van der Waals surface area contributed by atoms with Gasteiger partial charge in [0.15, 0.2) is 12.6 Å². The SMILES string of the molecule is OC[C@H](O)[C@H]1O[C@@H](O[C@H]2[C@H](OCc3ccccc3)[C@H](OCc3ccccc3)[C@@H](O)O[C@@H]2COCc2ccccc2)[C@@H](OCc2ccccc2)[C@@H](OCc2ccccc2)[C@@H]1O. The van der Waals surface area contributed by atoms with Crippen LogP contribution in [0.2, 0.25) is 0 Å². The summed E-state index contributed by atoms with van der Waals surface area (Å²) in [5.41, 5.74) is 4.37. The Bertz CT molecular complexity index is 1930. The van der Waals surface area contributed by atoms with Crippen LogP contribution >= 0.6 is 0 Å². The second-order valence-electron chi connectivity index (χ2n) is 14.9. The van der Waals surface area contributed by atoms with Gasteiger partial charge >= 0.3 is 0 Å². The third kappa shape index (κ3) is 11.9. The first kappa shape index (κ1) is 43.7. The number of aliphatic hydroxyl groups is 4. The smallest absolute Gasteiger partial charge is 0.187 e. The summed E-state index contributed by atoms with van der Waals surface area (Å²) in [7, 11) is 0. The molecule has 7 rings (SSSR count). The number of hydrogen-bond donors (Lipinski definition) is 4. The molecular formula is C48H54O12. The molecule has 2 heterocycles. The molecule has 4 N–H and O–H groups in total. The van der Waals surface area contributed by atoms with Gasteiger partial charge in [-0.2, -0.15) is 0 Å². The maximum Gasteiger partial charge on any atom is 0.187 e. The minimum absolute atomic E-state index is 0.0330. The molecule has 318 valence electrons. The van der Waals surface area contributed by atoms with Gasteiger partial charge < -0.3 is 58.3 Å². The Hall–Kier alpha value is -4.38. The summed E-state index contributed by atoms with van der Waals surface area (Å²) in [6.07, 6.45) is -13.4. The first-order chi connectivity index (χ1) is 29.5. The molecule has 11 atom stereocenters. The summed E-state index contributed by atoms with van der Waals surface area (Å²) in [6.45, 7) is -0.0314. The summed E-state index contributed by atoms with van der Waals surface area (Å²) in [6, 6.07) is 47.8. The lowest BCUT2D eigenvalue weighted by molar-refractivity contribution is -0.375. The Labute approximate surface area is 350 Å². The van der Waals surface area contributed by atoms with Gasteiger partial charge in [-0.05, 0) is 27.8 Å². The zero-order valence-electron chi connectivity index (χ0n) is 33.3. The van der Waals surface area contributed by atoms with Crippen LogP contribution in [0.5, 0.6) is 0 Å². The molecule has 0 radical (unpaired) electrons. The van der Waals surface area contributed by atoms with E-state index in [2.05, 4.69) is 0 Å². The van der Waals surface area contributed by atoms with E-state index in [0.29, 0.717) is 0 Å². The molecule has 12 heteroatoms. The summed E-state index contributed by atoms with van der Waals surface area (Å²) in [5, 5.41) is 44.7. The Morgan fingerprint density at radius 2 is 0.867 bits per heavy atom. The molecule has 2 aliphatic heterocycles. The van der Waals surface area contributed by atoms with E-state index in [1.54, 1.807) is 0 Å². The van der Waals surface area contributed by atoms with Gasteiger partial charge in [-0.15, -0.1) is 0 Å². The molecule has 0 aliphatic carbocycles. The van der Waals surface area contributed by atoms with Crippen LogP contribution in [0.4, 0.5) is 0 Å². The summed E-state index contributed by atoms with van der Waals surface area (Å²) >= 11 is 0. The first-order valence-corrected chi connectivity index (χ1v) is 20.3. The van der Waals surface area contributed by atoms with Crippen molar-refractivity contribution < 1.29 is 58.3 Å². The molecule has 2 saturated heterocycles. The molecular weight excluding hydrogens is 769 g/mol. The van der Waals surface area contributed by atoms with Gasteiger partial charge in [0.1, 0.15) is 54.9 Å². The molecule has 0 unspecified atom stereocenters. The summed E-state index contributed by atoms with van der Waals surface area (Å²) < 4.78 is 52.1. The van der Waals surface area contributed by atoms with Crippen LogP contribution in [-0.2, 0) is 70.9 Å². The van der Waals surface area contributed by atoms with Crippen molar-refractivity contribution in [3.05, 3.63) is 179 Å². The van der Waals surface area contributed by atoms with Gasteiger partial charge in [0.2, 0.25) is 0 Å². The van der Waals surface area contributed by atoms with Gasteiger partial charge in [-0.3, -0.25) is 0 Å². The Balaban J connectivity index is 1.24. The van der Waals surface area contributed by atoms with E-state index in [-0.39, 0.29) is 39.6 Å². The number of ether oxygens (including phenoxy) is 8. The fourth-order valence-electron chi connectivity index (χ4n) is 7.40. The van der Waals surface area contributed by atoms with Gasteiger partial charge in [0.25, 0.3) is 0 Å². The van der Waals surface area contributed by atoms with Crippen molar-refractivity contribution in [2.24, 2.45) is 0 Å². The van der Waals surface area contributed by atoms with Crippen molar-refractivity contribution in [2.45, 2.75) is 101 Å². The van der Waals surface area contributed by atoms with Crippen LogP contribution in [0.3, 0.4) is 0 Å². The highest BCUT2D eigenvalue weighted by Crippen LogP contribution is 2.35. The molecule has 12 nitrogen and oxygen atoms in total. The average molecular weight is 823 g/mol. The molecule has 60 heavy (non-hydrogen) atoms. The zero-order chi connectivity index (χ0) is 41.5. The van der Waals surface area contributed by atoms with Crippen molar-refractivity contribution in [3.8, 4) is 0 Å². The highest BCUT2D eigenvalue weighted by atomic mass is 16.7. The first-order valence-electron chi connectivity index (χ1n) is 20.3. The predicted molar refractivity (Wildman–Crippen MR) is 220 cm³/mol. The highest BCUT2D eigenvalue weighted by Gasteiger charge is 2.54. The van der Waals surface area contributed by atoms with Gasteiger partial charge in [-0.25, -0.2) is 0 Å². The fraction of sp³-hybridized carbons (Fsp3) is 0.375. The zero-order valence-corrected chi connectivity index (χ0v) is 33.3. The molecule has 5 aromatic carbocycles. The van der Waals surface area contributed by atoms with E-state index in [1.165, 1.54) is 0 Å². The van der Waals surface area contributed by atoms with Crippen molar-refractivity contribution in [3.63, 3.8) is 0 Å². The van der Waals surface area contributed by atoms with Crippen molar-refractivity contribution >= 4 is 0 Å². The van der Waals surface area contributed by atoms with E-state index in [4.69, 9.17) is 37.9 Å². The lowest BCUT2D eigenvalue weighted by atomic mass is 9.94. The second-order valence-corrected chi connectivity index (χ2v) is 14.9. The van der Waals surface area contributed by atoms with Crippen molar-refractivity contribution in [1.29, 1.82) is 0 Å². The van der Waals surface area contributed by atoms with Crippen LogP contribution in [0.25, 0.3) is 0 Å². The van der Waals surface area contributed by atoms with Crippen molar-refractivity contribution in [2.75, 3.05) is 13.2 Å². The van der Waals surface area contributed by atoms with E-state index in [1.807, 2.05) is 152 Å². The summed E-state index contributed by atoms with van der Waals surface area (Å²) in [4.78, 5) is 0. The maximum absolute atomic E-state index is 11.8. The molecule has 0 aromatic heterocycles. The fourth-order valence-corrected chi connectivity index (χ4v) is 7.40. The Morgan fingerprint density at radius 1 is 0.467 bits per heavy atom. The standard InChI is InChI=1S/C48H54O12/c49-26-38(50)41-40(51)43(54-28-34-18-8-2-9-19-34)46(57-31-37-24-14-5-15-25-37)48(59-41)60-42-39(32-53-27-33-16-6-1-7-17-33)58-47(52)45(56-30-36-22-12-4-13-23-36)44(42)55-29-35-20-10-3-11-21-35/h1-25,38-52H,26-32H2/t38-,39+,40+,41+,42+,43-,44-,45-,46-,47-,48-/m0/s1. The number of benzene rings is 5. The maximum atomic E-state index is 11.8. The topological polar surface area (TPSA) is 155 Å². The molecule has 0 spiro atoms. The minimum atomic E-state index is -1.51. The highest BCUT2D eigenvalue weighted by molar-refractivity contribution is 5.17. The van der Waals surface area contributed by atoms with E-state index in [9.17, 15) is 20.4 Å². The Kier molecular flexibility index (Phi) is 16.4. The lowest BCUT2D eigenvalue weighted by Gasteiger charge is -2.49. The van der Waals surface area contributed by atoms with Crippen LogP contribution in [-0.4, -0.2) is 101 Å². The molecule has 0 saturated carbocycles. The average Bonchev–Trinajstić information content (AvgIpc) is 3.29. The third-order valence-corrected chi connectivity index (χ3v) is 10.6. The van der Waals surface area contributed by atoms with E-state index in [0.717, 1.165) is 27.8 Å². The quantitative estimate of drug-likeness (QED) is 0.0828.